The summed E-state index contributed by atoms with van der Waals surface area (Å²) in [7, 11) is -3.91. The van der Waals surface area contributed by atoms with E-state index in [4.69, 9.17) is 9.47 Å². The number of hydrogen-bond donors (Lipinski definition) is 0. The third-order valence-corrected chi connectivity index (χ3v) is 8.19. The summed E-state index contributed by atoms with van der Waals surface area (Å²) in [5.41, 5.74) is -0.198. The third-order valence-electron chi connectivity index (χ3n) is 6.24. The number of fused-ring (bicyclic) bond motifs is 1. The first-order chi connectivity index (χ1) is 17.5. The summed E-state index contributed by atoms with van der Waals surface area (Å²) in [6, 6.07) is 13.1. The number of para-hydroxylation sites is 1. The van der Waals surface area contributed by atoms with E-state index in [1.54, 1.807) is 20.8 Å². The van der Waals surface area contributed by atoms with Gasteiger partial charge in [-0.05, 0) is 70.4 Å². The first kappa shape index (κ1) is 26.8. The molecule has 0 aromatic heterocycles. The largest absolute Gasteiger partial charge is 0.492 e. The van der Waals surface area contributed by atoms with Gasteiger partial charge in [0, 0.05) is 19.5 Å². The van der Waals surface area contributed by atoms with E-state index in [2.05, 4.69) is 0 Å². The number of carbonyl (C=O) groups excluding carboxylic acids is 3. The van der Waals surface area contributed by atoms with Crippen LogP contribution < -0.4 is 9.64 Å². The number of amides is 1. The predicted molar refractivity (Wildman–Crippen MR) is 137 cm³/mol. The monoisotopic (exact) mass is 528 g/mol. The highest BCUT2D eigenvalue weighted by molar-refractivity contribution is 7.89. The molecule has 0 radical (unpaired) electrons. The van der Waals surface area contributed by atoms with Crippen LogP contribution in [0.25, 0.3) is 0 Å². The zero-order valence-electron chi connectivity index (χ0n) is 21.3. The SMILES string of the molecule is CC(C)(C)OC(=O)CCCN1C(=O)C(=O)c2cc(S(=O)(=O)N3CCCC3COc3ccccc3)ccc21. The predicted octanol–water partition coefficient (Wildman–Crippen LogP) is 3.57. The van der Waals surface area contributed by atoms with Crippen molar-refractivity contribution in [3.8, 4) is 5.75 Å². The highest BCUT2D eigenvalue weighted by atomic mass is 32.2. The van der Waals surface area contributed by atoms with Crippen LogP contribution in [0.15, 0.2) is 53.4 Å². The van der Waals surface area contributed by atoms with Crippen LogP contribution in [-0.2, 0) is 24.3 Å². The number of ether oxygens (including phenoxy) is 2. The highest BCUT2D eigenvalue weighted by Crippen LogP contribution is 2.34. The second-order valence-electron chi connectivity index (χ2n) is 10.2. The molecule has 4 rings (SSSR count). The van der Waals surface area contributed by atoms with Crippen molar-refractivity contribution >= 4 is 33.4 Å². The van der Waals surface area contributed by atoms with Crippen LogP contribution >= 0.6 is 0 Å². The van der Waals surface area contributed by atoms with Crippen molar-refractivity contribution in [2.24, 2.45) is 0 Å². The van der Waals surface area contributed by atoms with Crippen molar-refractivity contribution in [2.45, 2.75) is 63.0 Å². The van der Waals surface area contributed by atoms with Gasteiger partial charge in [-0.25, -0.2) is 8.42 Å². The molecule has 2 aromatic carbocycles. The van der Waals surface area contributed by atoms with E-state index in [1.807, 2.05) is 30.3 Å². The minimum Gasteiger partial charge on any atom is -0.492 e. The molecule has 0 saturated carbocycles. The molecule has 1 fully saturated rings. The van der Waals surface area contributed by atoms with Crippen LogP contribution in [0.4, 0.5) is 5.69 Å². The summed E-state index contributed by atoms with van der Waals surface area (Å²) in [5.74, 6) is -1.21. The minimum atomic E-state index is -3.91. The van der Waals surface area contributed by atoms with Gasteiger partial charge in [-0.1, -0.05) is 18.2 Å². The number of Topliss-reactive ketones (excluding diaryl/α,β-unsaturated/α-hetero) is 1. The molecule has 0 spiro atoms. The number of ketones is 1. The Morgan fingerprint density at radius 2 is 1.81 bits per heavy atom. The van der Waals surface area contributed by atoms with Crippen molar-refractivity contribution in [1.82, 2.24) is 4.31 Å². The van der Waals surface area contributed by atoms with Crippen molar-refractivity contribution in [3.05, 3.63) is 54.1 Å². The molecule has 0 N–H and O–H groups in total. The number of sulfonamides is 1. The van der Waals surface area contributed by atoms with Gasteiger partial charge in [0.2, 0.25) is 10.0 Å². The second kappa shape index (κ2) is 10.6. The lowest BCUT2D eigenvalue weighted by Gasteiger charge is -2.24. The van der Waals surface area contributed by atoms with Gasteiger partial charge in [0.15, 0.2) is 0 Å². The summed E-state index contributed by atoms with van der Waals surface area (Å²) >= 11 is 0. The second-order valence-corrected chi connectivity index (χ2v) is 12.1. The zero-order valence-corrected chi connectivity index (χ0v) is 22.1. The van der Waals surface area contributed by atoms with Crippen molar-refractivity contribution in [1.29, 1.82) is 0 Å². The van der Waals surface area contributed by atoms with Gasteiger partial charge >= 0.3 is 5.97 Å². The lowest BCUT2D eigenvalue weighted by Crippen LogP contribution is -2.39. The molecule has 1 unspecified atom stereocenters. The Balaban J connectivity index is 1.46. The Morgan fingerprint density at radius 1 is 1.08 bits per heavy atom. The molecule has 10 heteroatoms. The zero-order chi connectivity index (χ0) is 26.8. The molecule has 1 amide bonds. The molecular formula is C27H32N2O7S. The maximum absolute atomic E-state index is 13.5. The van der Waals surface area contributed by atoms with Gasteiger partial charge in [0.1, 0.15) is 18.0 Å². The Kier molecular flexibility index (Phi) is 7.70. The van der Waals surface area contributed by atoms with Crippen LogP contribution in [0.2, 0.25) is 0 Å². The van der Waals surface area contributed by atoms with E-state index in [0.717, 1.165) is 0 Å². The first-order valence-corrected chi connectivity index (χ1v) is 13.8. The van der Waals surface area contributed by atoms with Crippen molar-refractivity contribution < 1.29 is 32.3 Å². The number of esters is 1. The third kappa shape index (κ3) is 6.02. The Hall–Kier alpha value is -3.24. The number of rotatable bonds is 9. The molecule has 0 bridgehead atoms. The average Bonchev–Trinajstić information content (AvgIpc) is 3.41. The van der Waals surface area contributed by atoms with E-state index < -0.39 is 27.3 Å². The Morgan fingerprint density at radius 3 is 2.51 bits per heavy atom. The molecular weight excluding hydrogens is 496 g/mol. The summed E-state index contributed by atoms with van der Waals surface area (Å²) in [6.45, 7) is 6.04. The topological polar surface area (TPSA) is 110 Å². The van der Waals surface area contributed by atoms with E-state index in [9.17, 15) is 22.8 Å². The van der Waals surface area contributed by atoms with Gasteiger partial charge in [-0.3, -0.25) is 14.4 Å². The molecule has 198 valence electrons. The number of carbonyl (C=O) groups is 3. The molecule has 37 heavy (non-hydrogen) atoms. The molecule has 2 heterocycles. The lowest BCUT2D eigenvalue weighted by atomic mass is 10.1. The van der Waals surface area contributed by atoms with Crippen LogP contribution in [0, 0.1) is 0 Å². The van der Waals surface area contributed by atoms with Crippen molar-refractivity contribution in [3.63, 3.8) is 0 Å². The summed E-state index contributed by atoms with van der Waals surface area (Å²) in [6.07, 6.45) is 1.78. The van der Waals surface area contributed by atoms with Gasteiger partial charge in [-0.15, -0.1) is 0 Å². The van der Waals surface area contributed by atoms with Crippen LogP contribution in [0.1, 0.15) is 56.8 Å². The van der Waals surface area contributed by atoms with Gasteiger partial charge in [-0.2, -0.15) is 4.31 Å². The minimum absolute atomic E-state index is 0.0328. The number of benzene rings is 2. The quantitative estimate of drug-likeness (QED) is 0.361. The smallest absolute Gasteiger partial charge is 0.306 e. The van der Waals surface area contributed by atoms with Crippen molar-refractivity contribution in [2.75, 3.05) is 24.6 Å². The maximum atomic E-state index is 13.5. The number of hydrogen-bond acceptors (Lipinski definition) is 7. The summed E-state index contributed by atoms with van der Waals surface area (Å²) < 4.78 is 39.5. The van der Waals surface area contributed by atoms with Crippen LogP contribution in [-0.4, -0.2) is 61.7 Å². The highest BCUT2D eigenvalue weighted by Gasteiger charge is 2.40. The number of nitrogens with zero attached hydrogens (tertiary/aromatic N) is 2. The summed E-state index contributed by atoms with van der Waals surface area (Å²) in [5, 5.41) is 0. The van der Waals surface area contributed by atoms with E-state index in [0.29, 0.717) is 37.2 Å². The van der Waals surface area contributed by atoms with E-state index >= 15 is 0 Å². The molecule has 9 nitrogen and oxygen atoms in total. The fourth-order valence-corrected chi connectivity index (χ4v) is 6.28. The average molecular weight is 529 g/mol. The molecule has 0 aliphatic carbocycles. The van der Waals surface area contributed by atoms with Gasteiger partial charge in [0.05, 0.1) is 22.2 Å². The lowest BCUT2D eigenvalue weighted by molar-refractivity contribution is -0.154. The Labute approximate surface area is 217 Å². The maximum Gasteiger partial charge on any atom is 0.306 e. The molecule has 2 aliphatic rings. The molecule has 2 aromatic rings. The fraction of sp³-hybridized carbons (Fsp3) is 0.444. The molecule has 1 atom stereocenters. The normalized spacial score (nSPS) is 18.2. The standard InChI is InChI=1S/C27H32N2O7S/c1-27(2,3)36-24(30)12-8-15-28-23-14-13-21(17-22(23)25(31)26(28)32)37(33,34)29-16-7-9-19(29)18-35-20-10-5-4-6-11-20/h4-6,10-11,13-14,17,19H,7-9,12,15-16,18H2,1-3H3. The number of anilines is 1. The molecule has 2 aliphatic heterocycles. The fourth-order valence-electron chi connectivity index (χ4n) is 4.57. The van der Waals surface area contributed by atoms with Crippen LogP contribution in [0.5, 0.6) is 5.75 Å². The van der Waals surface area contributed by atoms with Gasteiger partial charge < -0.3 is 14.4 Å². The Bertz CT molecular complexity index is 1290. The van der Waals surface area contributed by atoms with E-state index in [1.165, 1.54) is 27.4 Å². The van der Waals surface area contributed by atoms with Gasteiger partial charge in [0.25, 0.3) is 11.7 Å². The first-order valence-electron chi connectivity index (χ1n) is 12.4. The summed E-state index contributed by atoms with van der Waals surface area (Å²) in [4.78, 5) is 38.6. The molecule has 1 saturated heterocycles. The van der Waals surface area contributed by atoms with Crippen LogP contribution in [0.3, 0.4) is 0 Å². The van der Waals surface area contributed by atoms with E-state index in [-0.39, 0.29) is 42.0 Å².